The van der Waals surface area contributed by atoms with Crippen LogP contribution in [-0.4, -0.2) is 24.4 Å². The van der Waals surface area contributed by atoms with Crippen LogP contribution in [-0.2, 0) is 11.2 Å². The minimum atomic E-state index is -0.581. The maximum atomic E-state index is 13.3. The van der Waals surface area contributed by atoms with Crippen LogP contribution in [0.15, 0.2) is 24.3 Å². The minimum Gasteiger partial charge on any atom is -0.393 e. The first-order valence-electron chi connectivity index (χ1n) is 5.01. The molecule has 1 aromatic rings. The number of aliphatic hydroxyl groups excluding tert-OH is 1. The lowest BCUT2D eigenvalue weighted by Gasteiger charge is -2.25. The third-order valence-corrected chi connectivity index (χ3v) is 2.71. The number of hydrogen-bond acceptors (Lipinski definition) is 2. The van der Waals surface area contributed by atoms with E-state index in [9.17, 15) is 4.39 Å². The molecule has 0 amide bonds. The van der Waals surface area contributed by atoms with Gasteiger partial charge in [0.1, 0.15) is 5.82 Å². The molecule has 0 bridgehead atoms. The van der Waals surface area contributed by atoms with Gasteiger partial charge in [-0.2, -0.15) is 0 Å². The Morgan fingerprint density at radius 3 is 2.60 bits per heavy atom. The Labute approximate surface area is 89.7 Å². The fourth-order valence-electron chi connectivity index (χ4n) is 1.35. The highest BCUT2D eigenvalue weighted by atomic mass is 19.1. The lowest BCUT2D eigenvalue weighted by Crippen LogP contribution is -2.32. The molecule has 1 rings (SSSR count). The first-order valence-corrected chi connectivity index (χ1v) is 5.01. The van der Waals surface area contributed by atoms with Gasteiger partial charge in [0.05, 0.1) is 12.2 Å². The summed E-state index contributed by atoms with van der Waals surface area (Å²) in [5, 5.41) is 9.11. The highest BCUT2D eigenvalue weighted by molar-refractivity contribution is 5.17. The fraction of sp³-hybridized carbons (Fsp3) is 0.500. The zero-order chi connectivity index (χ0) is 11.3. The van der Waals surface area contributed by atoms with Crippen molar-refractivity contribution in [2.24, 2.45) is 0 Å². The standard InChI is InChI=1S/C12H17FO2/c1-12(9-14,15-2)8-7-10-5-3-4-6-11(10)13/h3-6,14H,7-9H2,1-2H3. The van der Waals surface area contributed by atoms with E-state index in [2.05, 4.69) is 0 Å². The number of aliphatic hydroxyl groups is 1. The summed E-state index contributed by atoms with van der Waals surface area (Å²) in [6, 6.07) is 6.67. The summed E-state index contributed by atoms with van der Waals surface area (Å²) in [7, 11) is 1.55. The van der Waals surface area contributed by atoms with Crippen LogP contribution in [0.5, 0.6) is 0 Å². The summed E-state index contributed by atoms with van der Waals surface area (Å²) in [5.41, 5.74) is 0.0802. The Morgan fingerprint density at radius 2 is 2.07 bits per heavy atom. The van der Waals surface area contributed by atoms with Gasteiger partial charge in [-0.1, -0.05) is 18.2 Å². The molecule has 1 N–H and O–H groups in total. The maximum Gasteiger partial charge on any atom is 0.126 e. The number of rotatable bonds is 5. The van der Waals surface area contributed by atoms with Crippen LogP contribution in [0.3, 0.4) is 0 Å². The van der Waals surface area contributed by atoms with Crippen molar-refractivity contribution >= 4 is 0 Å². The molecule has 0 saturated heterocycles. The van der Waals surface area contributed by atoms with E-state index in [1.54, 1.807) is 19.2 Å². The number of halogens is 1. The fourth-order valence-corrected chi connectivity index (χ4v) is 1.35. The van der Waals surface area contributed by atoms with Gasteiger partial charge in [-0.15, -0.1) is 0 Å². The van der Waals surface area contributed by atoms with Gasteiger partial charge in [-0.25, -0.2) is 4.39 Å². The summed E-state index contributed by atoms with van der Waals surface area (Å²) >= 11 is 0. The van der Waals surface area contributed by atoms with Crippen molar-refractivity contribution in [2.45, 2.75) is 25.4 Å². The molecule has 0 aliphatic rings. The first kappa shape index (κ1) is 12.1. The van der Waals surface area contributed by atoms with Gasteiger partial charge in [0.25, 0.3) is 0 Å². The molecule has 3 heteroatoms. The van der Waals surface area contributed by atoms with Crippen molar-refractivity contribution in [3.8, 4) is 0 Å². The van der Waals surface area contributed by atoms with Crippen LogP contribution < -0.4 is 0 Å². The van der Waals surface area contributed by atoms with Gasteiger partial charge in [0.15, 0.2) is 0 Å². The summed E-state index contributed by atoms with van der Waals surface area (Å²) in [6.45, 7) is 1.76. The normalized spacial score (nSPS) is 14.9. The van der Waals surface area contributed by atoms with Crippen LogP contribution in [0.2, 0.25) is 0 Å². The van der Waals surface area contributed by atoms with E-state index in [1.807, 2.05) is 13.0 Å². The topological polar surface area (TPSA) is 29.5 Å². The molecule has 0 saturated carbocycles. The monoisotopic (exact) mass is 212 g/mol. The molecule has 0 fully saturated rings. The first-order chi connectivity index (χ1) is 7.11. The Bertz CT molecular complexity index is 308. The van der Waals surface area contributed by atoms with E-state index >= 15 is 0 Å². The van der Waals surface area contributed by atoms with Crippen LogP contribution >= 0.6 is 0 Å². The summed E-state index contributed by atoms with van der Waals surface area (Å²) in [5.74, 6) is -0.200. The number of aryl methyl sites for hydroxylation is 1. The largest absolute Gasteiger partial charge is 0.393 e. The lowest BCUT2D eigenvalue weighted by molar-refractivity contribution is -0.0430. The van der Waals surface area contributed by atoms with Crippen molar-refractivity contribution < 1.29 is 14.2 Å². The second-order valence-corrected chi connectivity index (χ2v) is 3.90. The molecule has 0 heterocycles. The van der Waals surface area contributed by atoms with E-state index < -0.39 is 5.60 Å². The van der Waals surface area contributed by atoms with E-state index in [0.29, 0.717) is 18.4 Å². The molecule has 0 aliphatic heterocycles. The van der Waals surface area contributed by atoms with Crippen LogP contribution in [0.25, 0.3) is 0 Å². The third-order valence-electron chi connectivity index (χ3n) is 2.71. The Kier molecular flexibility index (Phi) is 4.24. The number of methoxy groups -OCH3 is 1. The van der Waals surface area contributed by atoms with E-state index in [0.717, 1.165) is 0 Å². The Morgan fingerprint density at radius 1 is 1.40 bits per heavy atom. The highest BCUT2D eigenvalue weighted by Crippen LogP contribution is 2.18. The van der Waals surface area contributed by atoms with Crippen molar-refractivity contribution in [2.75, 3.05) is 13.7 Å². The molecule has 1 unspecified atom stereocenters. The van der Waals surface area contributed by atoms with Crippen molar-refractivity contribution in [3.63, 3.8) is 0 Å². The van der Waals surface area contributed by atoms with E-state index in [-0.39, 0.29) is 12.4 Å². The average Bonchev–Trinajstić information content (AvgIpc) is 2.28. The molecule has 15 heavy (non-hydrogen) atoms. The zero-order valence-corrected chi connectivity index (χ0v) is 9.16. The second kappa shape index (κ2) is 5.24. The molecule has 0 spiro atoms. The van der Waals surface area contributed by atoms with Gasteiger partial charge in [-0.05, 0) is 31.4 Å². The van der Waals surface area contributed by atoms with Crippen molar-refractivity contribution in [3.05, 3.63) is 35.6 Å². The molecule has 0 aliphatic carbocycles. The SMILES string of the molecule is COC(C)(CO)CCc1ccccc1F. The smallest absolute Gasteiger partial charge is 0.126 e. The van der Waals surface area contributed by atoms with Crippen molar-refractivity contribution in [1.82, 2.24) is 0 Å². The second-order valence-electron chi connectivity index (χ2n) is 3.90. The number of benzene rings is 1. The zero-order valence-electron chi connectivity index (χ0n) is 9.16. The van der Waals surface area contributed by atoms with Gasteiger partial charge < -0.3 is 9.84 Å². The van der Waals surface area contributed by atoms with Crippen LogP contribution in [0, 0.1) is 5.82 Å². The van der Waals surface area contributed by atoms with E-state index in [4.69, 9.17) is 9.84 Å². The predicted molar refractivity (Wildman–Crippen MR) is 57.2 cm³/mol. The Hall–Kier alpha value is -0.930. The molecule has 1 atom stereocenters. The van der Waals surface area contributed by atoms with Crippen LogP contribution in [0.1, 0.15) is 18.9 Å². The maximum absolute atomic E-state index is 13.3. The quantitative estimate of drug-likeness (QED) is 0.810. The van der Waals surface area contributed by atoms with Crippen LogP contribution in [0.4, 0.5) is 4.39 Å². The minimum absolute atomic E-state index is 0.0576. The average molecular weight is 212 g/mol. The van der Waals surface area contributed by atoms with Gasteiger partial charge in [0.2, 0.25) is 0 Å². The molecule has 84 valence electrons. The number of hydrogen-bond donors (Lipinski definition) is 1. The third kappa shape index (κ3) is 3.29. The molecular formula is C12H17FO2. The molecule has 0 radical (unpaired) electrons. The number of ether oxygens (including phenoxy) is 1. The van der Waals surface area contributed by atoms with Crippen molar-refractivity contribution in [1.29, 1.82) is 0 Å². The molecular weight excluding hydrogens is 195 g/mol. The van der Waals surface area contributed by atoms with Gasteiger partial charge in [0, 0.05) is 7.11 Å². The van der Waals surface area contributed by atoms with E-state index in [1.165, 1.54) is 6.07 Å². The molecule has 1 aromatic carbocycles. The Balaban J connectivity index is 2.61. The van der Waals surface area contributed by atoms with Gasteiger partial charge in [-0.3, -0.25) is 0 Å². The molecule has 2 nitrogen and oxygen atoms in total. The summed E-state index contributed by atoms with van der Waals surface area (Å²) in [6.07, 6.45) is 1.17. The molecule has 0 aromatic heterocycles. The van der Waals surface area contributed by atoms with Gasteiger partial charge >= 0.3 is 0 Å². The highest BCUT2D eigenvalue weighted by Gasteiger charge is 2.22. The summed E-state index contributed by atoms with van der Waals surface area (Å²) in [4.78, 5) is 0. The predicted octanol–water partition coefficient (Wildman–Crippen LogP) is 2.16. The lowest BCUT2D eigenvalue weighted by atomic mass is 9.97. The summed E-state index contributed by atoms with van der Waals surface area (Å²) < 4.78 is 18.4.